The van der Waals surface area contributed by atoms with Crippen LogP contribution in [0, 0.1) is 5.41 Å². The number of ether oxygens (including phenoxy) is 2. The Kier molecular flexibility index (Phi) is 6.00. The minimum absolute atomic E-state index is 0.0508. The third-order valence-corrected chi connectivity index (χ3v) is 5.01. The summed E-state index contributed by atoms with van der Waals surface area (Å²) in [6.45, 7) is 3.01. The number of hydrogen-bond donors (Lipinski definition) is 2. The summed E-state index contributed by atoms with van der Waals surface area (Å²) in [5.74, 6) is 0.200. The highest BCUT2D eigenvalue weighted by Gasteiger charge is 2.17. The molecular weight excluding hydrogens is 410 g/mol. The molecule has 3 heterocycles. The molecule has 0 radical (unpaired) electrons. The summed E-state index contributed by atoms with van der Waals surface area (Å²) in [5.41, 5.74) is 1.05. The van der Waals surface area contributed by atoms with Crippen LogP contribution in [-0.4, -0.2) is 40.2 Å². The molecule has 9 heteroatoms. The molecular formula is C23H23N5O4. The second-order valence-electron chi connectivity index (χ2n) is 7.05. The summed E-state index contributed by atoms with van der Waals surface area (Å²) in [5, 5.41) is 11.7. The Morgan fingerprint density at radius 1 is 1.19 bits per heavy atom. The van der Waals surface area contributed by atoms with Gasteiger partial charge in [0, 0.05) is 25.5 Å². The van der Waals surface area contributed by atoms with Crippen molar-refractivity contribution < 1.29 is 14.3 Å². The third-order valence-electron chi connectivity index (χ3n) is 5.01. The van der Waals surface area contributed by atoms with Gasteiger partial charge in [0.25, 0.3) is 11.5 Å². The molecule has 164 valence electrons. The number of carbonyl (C=O) groups is 1. The number of anilines is 1. The van der Waals surface area contributed by atoms with Gasteiger partial charge in [0.05, 0.1) is 24.2 Å². The monoisotopic (exact) mass is 433 g/mol. The fourth-order valence-corrected chi connectivity index (χ4v) is 3.46. The first-order valence-electron chi connectivity index (χ1n) is 10.2. The quantitative estimate of drug-likeness (QED) is 0.435. The van der Waals surface area contributed by atoms with Crippen molar-refractivity contribution in [3.8, 4) is 5.75 Å². The summed E-state index contributed by atoms with van der Waals surface area (Å²) in [6.07, 6.45) is 1.62. The number of nitrogens with zero attached hydrogens (tertiary/aromatic N) is 3. The smallest absolute Gasteiger partial charge is 0.267 e. The minimum atomic E-state index is -0.496. The lowest BCUT2D eigenvalue weighted by molar-refractivity contribution is 0.102. The summed E-state index contributed by atoms with van der Waals surface area (Å²) in [7, 11) is 1.55. The van der Waals surface area contributed by atoms with Crippen molar-refractivity contribution in [3.05, 3.63) is 76.1 Å². The maximum Gasteiger partial charge on any atom is 0.267 e. The van der Waals surface area contributed by atoms with Crippen molar-refractivity contribution in [2.75, 3.05) is 25.6 Å². The van der Waals surface area contributed by atoms with Gasteiger partial charge in [0.2, 0.25) is 0 Å². The van der Waals surface area contributed by atoms with Crippen LogP contribution in [0.15, 0.2) is 59.5 Å². The Balaban J connectivity index is 1.83. The molecule has 1 aromatic carbocycles. The molecule has 0 aliphatic rings. The van der Waals surface area contributed by atoms with Crippen LogP contribution in [0.3, 0.4) is 0 Å². The summed E-state index contributed by atoms with van der Waals surface area (Å²) < 4.78 is 13.5. The van der Waals surface area contributed by atoms with E-state index in [2.05, 4.69) is 10.3 Å². The van der Waals surface area contributed by atoms with Crippen molar-refractivity contribution in [3.63, 3.8) is 0 Å². The molecule has 0 fully saturated rings. The first-order valence-corrected chi connectivity index (χ1v) is 10.2. The van der Waals surface area contributed by atoms with Crippen LogP contribution in [0.1, 0.15) is 17.3 Å². The Morgan fingerprint density at radius 3 is 2.69 bits per heavy atom. The van der Waals surface area contributed by atoms with E-state index in [1.165, 1.54) is 15.0 Å². The van der Waals surface area contributed by atoms with Gasteiger partial charge in [0.15, 0.2) is 0 Å². The van der Waals surface area contributed by atoms with Crippen LogP contribution in [-0.2, 0) is 11.3 Å². The van der Waals surface area contributed by atoms with E-state index in [0.29, 0.717) is 35.9 Å². The Bertz CT molecular complexity index is 1410. The van der Waals surface area contributed by atoms with E-state index in [4.69, 9.17) is 14.9 Å². The second-order valence-corrected chi connectivity index (χ2v) is 7.05. The second kappa shape index (κ2) is 9.03. The van der Waals surface area contributed by atoms with E-state index < -0.39 is 5.91 Å². The molecule has 0 unspecified atom stereocenters. The third kappa shape index (κ3) is 3.97. The number of hydrogen-bond acceptors (Lipinski definition) is 6. The minimum Gasteiger partial charge on any atom is -0.494 e. The molecule has 9 nitrogen and oxygen atoms in total. The Labute approximate surface area is 183 Å². The molecule has 0 atom stereocenters. The van der Waals surface area contributed by atoms with Crippen LogP contribution in [0.4, 0.5) is 5.69 Å². The van der Waals surface area contributed by atoms with Gasteiger partial charge in [-0.25, -0.2) is 4.98 Å². The molecule has 0 spiro atoms. The molecule has 0 aliphatic carbocycles. The van der Waals surface area contributed by atoms with Crippen LogP contribution in [0.2, 0.25) is 0 Å². The number of aromatic nitrogens is 3. The lowest BCUT2D eigenvalue weighted by Crippen LogP contribution is -2.33. The van der Waals surface area contributed by atoms with Crippen LogP contribution >= 0.6 is 0 Å². The Morgan fingerprint density at radius 2 is 1.97 bits per heavy atom. The fraction of sp³-hybridized carbons (Fsp3) is 0.217. The lowest BCUT2D eigenvalue weighted by Gasteiger charge is -2.14. The number of benzene rings is 1. The zero-order chi connectivity index (χ0) is 22.7. The highest BCUT2D eigenvalue weighted by atomic mass is 16.5. The molecule has 4 aromatic rings. The zero-order valence-electron chi connectivity index (χ0n) is 17.8. The van der Waals surface area contributed by atoms with Crippen molar-refractivity contribution >= 4 is 28.3 Å². The number of carbonyl (C=O) groups excluding carboxylic acids is 1. The average molecular weight is 433 g/mol. The van der Waals surface area contributed by atoms with Gasteiger partial charge in [-0.2, -0.15) is 0 Å². The highest BCUT2D eigenvalue weighted by Crippen LogP contribution is 2.17. The van der Waals surface area contributed by atoms with E-state index in [0.717, 1.165) is 0 Å². The van der Waals surface area contributed by atoms with Gasteiger partial charge in [-0.3, -0.25) is 19.4 Å². The topological polar surface area (TPSA) is 111 Å². The van der Waals surface area contributed by atoms with Gasteiger partial charge in [-0.1, -0.05) is 6.07 Å². The molecule has 1 amide bonds. The van der Waals surface area contributed by atoms with Crippen molar-refractivity contribution in [2.45, 2.75) is 13.5 Å². The molecule has 0 aliphatic heterocycles. The van der Waals surface area contributed by atoms with Crippen LogP contribution in [0.25, 0.3) is 16.7 Å². The molecule has 4 rings (SSSR count). The van der Waals surface area contributed by atoms with Gasteiger partial charge in [-0.05, 0) is 49.4 Å². The molecule has 0 saturated heterocycles. The molecule has 32 heavy (non-hydrogen) atoms. The lowest BCUT2D eigenvalue weighted by atomic mass is 10.2. The predicted molar refractivity (Wildman–Crippen MR) is 120 cm³/mol. The van der Waals surface area contributed by atoms with Gasteiger partial charge < -0.3 is 19.4 Å². The summed E-state index contributed by atoms with van der Waals surface area (Å²) in [4.78, 5) is 30.8. The van der Waals surface area contributed by atoms with Crippen molar-refractivity contribution in [1.29, 1.82) is 5.41 Å². The largest absolute Gasteiger partial charge is 0.494 e. The fourth-order valence-electron chi connectivity index (χ4n) is 3.46. The number of pyridine rings is 2. The first-order chi connectivity index (χ1) is 15.5. The normalized spacial score (nSPS) is 11.1. The van der Waals surface area contributed by atoms with Crippen LogP contribution in [0.5, 0.6) is 5.75 Å². The number of rotatable bonds is 7. The number of nitrogens with one attached hydrogen (secondary N) is 2. The first kappa shape index (κ1) is 21.3. The average Bonchev–Trinajstić information content (AvgIpc) is 2.80. The van der Waals surface area contributed by atoms with Gasteiger partial charge >= 0.3 is 0 Å². The number of methoxy groups -OCH3 is 1. The molecule has 2 N–H and O–H groups in total. The van der Waals surface area contributed by atoms with E-state index in [1.54, 1.807) is 55.8 Å². The molecule has 0 bridgehead atoms. The van der Waals surface area contributed by atoms with Crippen molar-refractivity contribution in [2.24, 2.45) is 0 Å². The van der Waals surface area contributed by atoms with E-state index >= 15 is 0 Å². The van der Waals surface area contributed by atoms with Gasteiger partial charge in [0.1, 0.15) is 22.5 Å². The Hall–Kier alpha value is -3.98. The maximum atomic E-state index is 13.1. The van der Waals surface area contributed by atoms with Crippen LogP contribution < -0.4 is 21.1 Å². The zero-order valence-corrected chi connectivity index (χ0v) is 17.8. The maximum absolute atomic E-state index is 13.1. The van der Waals surface area contributed by atoms with E-state index in [1.807, 2.05) is 6.92 Å². The highest BCUT2D eigenvalue weighted by molar-refractivity contribution is 6.05. The van der Waals surface area contributed by atoms with E-state index in [-0.39, 0.29) is 28.5 Å². The van der Waals surface area contributed by atoms with E-state index in [9.17, 15) is 9.59 Å². The molecule has 3 aromatic heterocycles. The predicted octanol–water partition coefficient (Wildman–Crippen LogP) is 2.43. The van der Waals surface area contributed by atoms with Crippen molar-refractivity contribution in [1.82, 2.24) is 14.0 Å². The SMILES string of the molecule is CCOc1ccc(NC(=O)c2cc3c(=O)n4ccccc4nc3n(CCOC)c2=N)cc1. The number of amides is 1. The van der Waals surface area contributed by atoms with Gasteiger partial charge in [-0.15, -0.1) is 0 Å². The molecule has 0 saturated carbocycles. The standard InChI is InChI=1S/C23H23N5O4/c1-3-32-16-9-7-15(8-10-16)25-22(29)17-14-18-21(28(20(17)24)12-13-31-2)26-19-6-4-5-11-27(19)23(18)30/h4-11,14,24H,3,12-13H2,1-2H3,(H,25,29). The number of fused-ring (bicyclic) bond motifs is 2. The summed E-state index contributed by atoms with van der Waals surface area (Å²) >= 11 is 0. The summed E-state index contributed by atoms with van der Waals surface area (Å²) in [6, 6.07) is 13.6.